The molecule has 0 saturated carbocycles. The van der Waals surface area contributed by atoms with Crippen LogP contribution in [0.15, 0.2) is 16.7 Å². The van der Waals surface area contributed by atoms with Gasteiger partial charge in [-0.3, -0.25) is 4.90 Å². The Morgan fingerprint density at radius 1 is 1.47 bits per heavy atom. The van der Waals surface area contributed by atoms with Crippen molar-refractivity contribution in [1.29, 1.82) is 0 Å². The van der Waals surface area contributed by atoms with E-state index in [1.54, 1.807) is 6.26 Å². The average Bonchev–Trinajstić information content (AvgIpc) is 2.65. The summed E-state index contributed by atoms with van der Waals surface area (Å²) in [6, 6.07) is 2.06. The molecule has 0 aliphatic carbocycles. The summed E-state index contributed by atoms with van der Waals surface area (Å²) in [7, 11) is 1.93. The summed E-state index contributed by atoms with van der Waals surface area (Å²) in [4.78, 5) is 2.42. The van der Waals surface area contributed by atoms with E-state index in [2.05, 4.69) is 30.1 Å². The first-order valence-corrected chi connectivity index (χ1v) is 6.17. The Kier molecular flexibility index (Phi) is 3.86. The maximum Gasteiger partial charge on any atom is 0.122 e. The Hall–Kier alpha value is -0.840. The van der Waals surface area contributed by atoms with Crippen LogP contribution >= 0.6 is 0 Å². The lowest BCUT2D eigenvalue weighted by Crippen LogP contribution is -2.47. The number of ether oxygens (including phenoxy) is 1. The van der Waals surface area contributed by atoms with Crippen molar-refractivity contribution >= 4 is 0 Å². The summed E-state index contributed by atoms with van der Waals surface area (Å²) in [6.45, 7) is 8.79. The first kappa shape index (κ1) is 12.6. The molecule has 0 atom stereocenters. The molecule has 2 heterocycles. The van der Waals surface area contributed by atoms with Crippen molar-refractivity contribution in [3.8, 4) is 0 Å². The van der Waals surface area contributed by atoms with Crippen LogP contribution in [-0.2, 0) is 17.8 Å². The lowest BCUT2D eigenvalue weighted by atomic mass is 10.1. The largest absolute Gasteiger partial charge is 0.468 e. The highest BCUT2D eigenvalue weighted by Crippen LogP contribution is 2.20. The Morgan fingerprint density at radius 2 is 2.29 bits per heavy atom. The van der Waals surface area contributed by atoms with Crippen molar-refractivity contribution in [2.24, 2.45) is 0 Å². The van der Waals surface area contributed by atoms with Crippen molar-refractivity contribution in [3.05, 3.63) is 23.7 Å². The van der Waals surface area contributed by atoms with Crippen molar-refractivity contribution < 1.29 is 9.15 Å². The highest BCUT2D eigenvalue weighted by Gasteiger charge is 2.27. The van der Waals surface area contributed by atoms with Gasteiger partial charge in [-0.1, -0.05) is 0 Å². The van der Waals surface area contributed by atoms with Crippen LogP contribution in [0.25, 0.3) is 0 Å². The Morgan fingerprint density at radius 3 is 3.00 bits per heavy atom. The maximum absolute atomic E-state index is 5.72. The molecule has 1 fully saturated rings. The van der Waals surface area contributed by atoms with Crippen molar-refractivity contribution in [2.75, 3.05) is 26.7 Å². The van der Waals surface area contributed by atoms with Crippen LogP contribution in [0, 0.1) is 0 Å². The van der Waals surface area contributed by atoms with Crippen LogP contribution in [0.4, 0.5) is 0 Å². The molecule has 1 N–H and O–H groups in total. The third-order valence-corrected chi connectivity index (χ3v) is 3.07. The zero-order valence-electron chi connectivity index (χ0n) is 11.0. The van der Waals surface area contributed by atoms with E-state index in [1.165, 1.54) is 5.56 Å². The summed E-state index contributed by atoms with van der Waals surface area (Å²) >= 11 is 0. The third-order valence-electron chi connectivity index (χ3n) is 3.07. The molecule has 4 heteroatoms. The highest BCUT2D eigenvalue weighted by atomic mass is 16.5. The molecule has 0 amide bonds. The summed E-state index contributed by atoms with van der Waals surface area (Å²) in [5.74, 6) is 1.04. The fraction of sp³-hybridized carbons (Fsp3) is 0.692. The molecule has 0 aromatic carbocycles. The van der Waals surface area contributed by atoms with Gasteiger partial charge >= 0.3 is 0 Å². The minimum atomic E-state index is -0.0366. The van der Waals surface area contributed by atoms with Gasteiger partial charge in [0.1, 0.15) is 5.76 Å². The van der Waals surface area contributed by atoms with E-state index in [4.69, 9.17) is 9.15 Å². The molecule has 4 nitrogen and oxygen atoms in total. The Balaban J connectivity index is 1.98. The lowest BCUT2D eigenvalue weighted by molar-refractivity contribution is -0.0883. The topological polar surface area (TPSA) is 37.6 Å². The molecule has 17 heavy (non-hydrogen) atoms. The molecular formula is C13H22N2O2. The van der Waals surface area contributed by atoms with E-state index in [0.717, 1.165) is 38.5 Å². The van der Waals surface area contributed by atoms with E-state index in [1.807, 2.05) is 7.05 Å². The molecule has 1 aliphatic heterocycles. The molecule has 1 aromatic heterocycles. The van der Waals surface area contributed by atoms with Gasteiger partial charge < -0.3 is 14.5 Å². The van der Waals surface area contributed by atoms with Gasteiger partial charge in [-0.05, 0) is 27.0 Å². The fourth-order valence-electron chi connectivity index (χ4n) is 2.31. The SMILES string of the molecule is CNCc1occc1CN1CCOC(C)(C)C1. The molecular weight excluding hydrogens is 216 g/mol. The number of nitrogens with one attached hydrogen (secondary N) is 1. The molecule has 0 unspecified atom stereocenters. The Labute approximate surface area is 103 Å². The lowest BCUT2D eigenvalue weighted by Gasteiger charge is -2.38. The summed E-state index contributed by atoms with van der Waals surface area (Å²) in [6.07, 6.45) is 1.77. The number of nitrogens with zero attached hydrogens (tertiary/aromatic N) is 1. The zero-order valence-corrected chi connectivity index (χ0v) is 11.0. The molecule has 96 valence electrons. The Bertz CT molecular complexity index is 360. The van der Waals surface area contributed by atoms with Crippen molar-refractivity contribution in [1.82, 2.24) is 10.2 Å². The molecule has 0 bridgehead atoms. The highest BCUT2D eigenvalue weighted by molar-refractivity contribution is 5.17. The van der Waals surface area contributed by atoms with Gasteiger partial charge in [-0.25, -0.2) is 0 Å². The second-order valence-corrected chi connectivity index (χ2v) is 5.22. The zero-order chi connectivity index (χ0) is 12.3. The summed E-state index contributed by atoms with van der Waals surface area (Å²) < 4.78 is 11.2. The van der Waals surface area contributed by atoms with Crippen molar-refractivity contribution in [2.45, 2.75) is 32.5 Å². The van der Waals surface area contributed by atoms with Crippen molar-refractivity contribution in [3.63, 3.8) is 0 Å². The smallest absolute Gasteiger partial charge is 0.122 e. The monoisotopic (exact) mass is 238 g/mol. The van der Waals surface area contributed by atoms with Gasteiger partial charge in [0.25, 0.3) is 0 Å². The quantitative estimate of drug-likeness (QED) is 0.865. The van der Waals surface area contributed by atoms with Crippen LogP contribution in [0.3, 0.4) is 0 Å². The van der Waals surface area contributed by atoms with Gasteiger partial charge in [0.15, 0.2) is 0 Å². The molecule has 1 aliphatic rings. The minimum absolute atomic E-state index is 0.0366. The van der Waals surface area contributed by atoms with Gasteiger partial charge in [0.2, 0.25) is 0 Å². The molecule has 1 saturated heterocycles. The minimum Gasteiger partial charge on any atom is -0.468 e. The second kappa shape index (κ2) is 5.21. The predicted molar refractivity (Wildman–Crippen MR) is 66.8 cm³/mol. The standard InChI is InChI=1S/C13H22N2O2/c1-13(2)10-15(5-7-17-13)9-11-4-6-16-12(11)8-14-3/h4,6,14H,5,7-10H2,1-3H3. The van der Waals surface area contributed by atoms with E-state index in [9.17, 15) is 0 Å². The predicted octanol–water partition coefficient (Wildman–Crippen LogP) is 1.61. The van der Waals surface area contributed by atoms with Gasteiger partial charge in [0.05, 0.1) is 25.0 Å². The van der Waals surface area contributed by atoms with Crippen LogP contribution in [0.1, 0.15) is 25.2 Å². The molecule has 2 rings (SSSR count). The third kappa shape index (κ3) is 3.31. The summed E-state index contributed by atoms with van der Waals surface area (Å²) in [5, 5.41) is 3.13. The van der Waals surface area contributed by atoms with Gasteiger partial charge in [0, 0.05) is 25.2 Å². The fourth-order valence-corrected chi connectivity index (χ4v) is 2.31. The number of rotatable bonds is 4. The average molecular weight is 238 g/mol. The normalized spacial score (nSPS) is 20.6. The molecule has 0 radical (unpaired) electrons. The number of hydrogen-bond donors (Lipinski definition) is 1. The van der Waals surface area contributed by atoms with E-state index in [-0.39, 0.29) is 5.60 Å². The maximum atomic E-state index is 5.72. The number of morpholine rings is 1. The number of furan rings is 1. The van der Waals surface area contributed by atoms with E-state index in [0.29, 0.717) is 0 Å². The van der Waals surface area contributed by atoms with Gasteiger partial charge in [-0.15, -0.1) is 0 Å². The summed E-state index contributed by atoms with van der Waals surface area (Å²) in [5.41, 5.74) is 1.24. The van der Waals surface area contributed by atoms with Crippen LogP contribution in [-0.4, -0.2) is 37.2 Å². The van der Waals surface area contributed by atoms with E-state index >= 15 is 0 Å². The molecule has 0 spiro atoms. The van der Waals surface area contributed by atoms with Gasteiger partial charge in [-0.2, -0.15) is 0 Å². The van der Waals surface area contributed by atoms with E-state index < -0.39 is 0 Å². The van der Waals surface area contributed by atoms with Crippen LogP contribution < -0.4 is 5.32 Å². The van der Waals surface area contributed by atoms with Crippen LogP contribution in [0.2, 0.25) is 0 Å². The number of hydrogen-bond acceptors (Lipinski definition) is 4. The second-order valence-electron chi connectivity index (χ2n) is 5.22. The first-order chi connectivity index (χ1) is 8.11. The molecule has 1 aromatic rings. The first-order valence-electron chi connectivity index (χ1n) is 6.17. The van der Waals surface area contributed by atoms with Crippen LogP contribution in [0.5, 0.6) is 0 Å².